The van der Waals surface area contributed by atoms with Gasteiger partial charge in [0.1, 0.15) is 5.54 Å². The largest absolute Gasteiger partial charge is 0.368 e. The van der Waals surface area contributed by atoms with Crippen LogP contribution in [0.1, 0.15) is 40.0 Å². The second-order valence-corrected chi connectivity index (χ2v) is 6.20. The SMILES string of the molecule is CCNC(CSCC(C)CC)(C(N)=O)C1CC1. The van der Waals surface area contributed by atoms with E-state index in [9.17, 15) is 4.79 Å². The highest BCUT2D eigenvalue weighted by Crippen LogP contribution is 2.41. The van der Waals surface area contributed by atoms with Gasteiger partial charge in [0.15, 0.2) is 0 Å². The monoisotopic (exact) mass is 258 g/mol. The van der Waals surface area contributed by atoms with Crippen LogP contribution in [0.5, 0.6) is 0 Å². The molecule has 1 aliphatic carbocycles. The summed E-state index contributed by atoms with van der Waals surface area (Å²) in [5.74, 6) is 2.95. The van der Waals surface area contributed by atoms with Gasteiger partial charge in [-0.3, -0.25) is 4.79 Å². The fraction of sp³-hybridized carbons (Fsp3) is 0.923. The van der Waals surface area contributed by atoms with Crippen molar-refractivity contribution < 1.29 is 4.79 Å². The molecule has 0 saturated heterocycles. The van der Waals surface area contributed by atoms with Crippen molar-refractivity contribution in [3.05, 3.63) is 0 Å². The quantitative estimate of drug-likeness (QED) is 0.665. The first-order valence-electron chi connectivity index (χ1n) is 6.69. The number of carbonyl (C=O) groups is 1. The number of amides is 1. The van der Waals surface area contributed by atoms with Crippen molar-refractivity contribution in [1.82, 2.24) is 5.32 Å². The summed E-state index contributed by atoms with van der Waals surface area (Å²) >= 11 is 1.87. The highest BCUT2D eigenvalue weighted by atomic mass is 32.2. The smallest absolute Gasteiger partial charge is 0.238 e. The predicted molar refractivity (Wildman–Crippen MR) is 75.1 cm³/mol. The first-order valence-corrected chi connectivity index (χ1v) is 7.85. The van der Waals surface area contributed by atoms with Crippen LogP contribution in [0.15, 0.2) is 0 Å². The van der Waals surface area contributed by atoms with E-state index in [4.69, 9.17) is 5.73 Å². The predicted octanol–water partition coefficient (Wildman–Crippen LogP) is 2.01. The van der Waals surface area contributed by atoms with Gasteiger partial charge in [-0.1, -0.05) is 27.2 Å². The summed E-state index contributed by atoms with van der Waals surface area (Å²) in [6.45, 7) is 7.31. The summed E-state index contributed by atoms with van der Waals surface area (Å²) < 4.78 is 0. The average molecular weight is 258 g/mol. The third-order valence-electron chi connectivity index (χ3n) is 3.64. The van der Waals surface area contributed by atoms with E-state index in [1.165, 1.54) is 6.42 Å². The van der Waals surface area contributed by atoms with E-state index in [-0.39, 0.29) is 5.91 Å². The first-order chi connectivity index (χ1) is 8.06. The van der Waals surface area contributed by atoms with E-state index >= 15 is 0 Å². The zero-order valence-corrected chi connectivity index (χ0v) is 12.1. The van der Waals surface area contributed by atoms with Gasteiger partial charge in [-0.15, -0.1) is 0 Å². The maximum atomic E-state index is 11.8. The Balaban J connectivity index is 2.53. The molecule has 0 aromatic heterocycles. The fourth-order valence-corrected chi connectivity index (χ4v) is 3.66. The lowest BCUT2D eigenvalue weighted by molar-refractivity contribution is -0.124. The Hall–Kier alpha value is -0.220. The summed E-state index contributed by atoms with van der Waals surface area (Å²) in [5.41, 5.74) is 5.18. The number of nitrogens with one attached hydrogen (secondary N) is 1. The summed E-state index contributed by atoms with van der Waals surface area (Å²) in [6.07, 6.45) is 3.47. The Morgan fingerprint density at radius 1 is 1.53 bits per heavy atom. The number of carbonyl (C=O) groups excluding carboxylic acids is 1. The van der Waals surface area contributed by atoms with Crippen molar-refractivity contribution in [3.8, 4) is 0 Å². The van der Waals surface area contributed by atoms with E-state index in [1.807, 2.05) is 18.7 Å². The Kier molecular flexibility index (Phi) is 5.80. The average Bonchev–Trinajstić information content (AvgIpc) is 3.11. The number of likely N-dealkylation sites (N-methyl/N-ethyl adjacent to an activating group) is 1. The minimum absolute atomic E-state index is 0.168. The second-order valence-electron chi connectivity index (χ2n) is 5.17. The standard InChI is InChI=1S/C13H26N2OS/c1-4-10(3)8-17-9-13(12(14)16,15-5-2)11-6-7-11/h10-11,15H,4-9H2,1-3H3,(H2,14,16). The van der Waals surface area contributed by atoms with Gasteiger partial charge < -0.3 is 11.1 Å². The summed E-state index contributed by atoms with van der Waals surface area (Å²) in [6, 6.07) is 0. The lowest BCUT2D eigenvalue weighted by Gasteiger charge is -2.31. The van der Waals surface area contributed by atoms with Crippen LogP contribution in [0.3, 0.4) is 0 Å². The van der Waals surface area contributed by atoms with Gasteiger partial charge >= 0.3 is 0 Å². The van der Waals surface area contributed by atoms with E-state index in [1.54, 1.807) is 0 Å². The van der Waals surface area contributed by atoms with Crippen LogP contribution in [0.4, 0.5) is 0 Å². The lowest BCUT2D eigenvalue weighted by atomic mass is 9.94. The Morgan fingerprint density at radius 3 is 2.59 bits per heavy atom. The zero-order valence-electron chi connectivity index (χ0n) is 11.3. The van der Waals surface area contributed by atoms with Gasteiger partial charge in [-0.2, -0.15) is 11.8 Å². The number of hydrogen-bond acceptors (Lipinski definition) is 3. The molecule has 0 spiro atoms. The molecule has 100 valence electrons. The summed E-state index contributed by atoms with van der Waals surface area (Å²) in [5, 5.41) is 3.35. The molecule has 0 heterocycles. The van der Waals surface area contributed by atoms with E-state index < -0.39 is 5.54 Å². The van der Waals surface area contributed by atoms with Crippen molar-refractivity contribution in [2.24, 2.45) is 17.6 Å². The molecule has 1 saturated carbocycles. The summed E-state index contributed by atoms with van der Waals surface area (Å²) in [4.78, 5) is 11.8. The molecule has 0 aliphatic heterocycles. The van der Waals surface area contributed by atoms with Gasteiger partial charge in [0.2, 0.25) is 5.91 Å². The number of primary amides is 1. The highest BCUT2D eigenvalue weighted by Gasteiger charge is 2.49. The highest BCUT2D eigenvalue weighted by molar-refractivity contribution is 7.99. The number of rotatable bonds is 9. The molecule has 1 fully saturated rings. The van der Waals surface area contributed by atoms with Crippen molar-refractivity contribution in [2.45, 2.75) is 45.6 Å². The van der Waals surface area contributed by atoms with Crippen LogP contribution in [-0.2, 0) is 4.79 Å². The Labute approximate surface area is 109 Å². The van der Waals surface area contributed by atoms with E-state index in [2.05, 4.69) is 19.2 Å². The van der Waals surface area contributed by atoms with Gasteiger partial charge in [0.25, 0.3) is 0 Å². The topological polar surface area (TPSA) is 55.1 Å². The van der Waals surface area contributed by atoms with Crippen molar-refractivity contribution in [1.29, 1.82) is 0 Å². The van der Waals surface area contributed by atoms with Gasteiger partial charge in [0, 0.05) is 5.75 Å². The fourth-order valence-electron chi connectivity index (χ4n) is 2.10. The van der Waals surface area contributed by atoms with E-state index in [0.717, 1.165) is 30.9 Å². The van der Waals surface area contributed by atoms with Crippen LogP contribution in [0.2, 0.25) is 0 Å². The number of hydrogen-bond donors (Lipinski definition) is 2. The molecule has 0 radical (unpaired) electrons. The van der Waals surface area contributed by atoms with Gasteiger partial charge in [-0.05, 0) is 37.0 Å². The van der Waals surface area contributed by atoms with Crippen LogP contribution < -0.4 is 11.1 Å². The molecule has 3 nitrogen and oxygen atoms in total. The molecule has 1 rings (SSSR count). The minimum atomic E-state index is -0.452. The van der Waals surface area contributed by atoms with E-state index in [0.29, 0.717) is 11.8 Å². The van der Waals surface area contributed by atoms with Crippen molar-refractivity contribution >= 4 is 17.7 Å². The third-order valence-corrected chi connectivity index (χ3v) is 5.10. The normalized spacial score (nSPS) is 20.9. The van der Waals surface area contributed by atoms with Crippen LogP contribution in [0, 0.1) is 11.8 Å². The first kappa shape index (κ1) is 14.8. The molecule has 2 atom stereocenters. The molecule has 0 bridgehead atoms. The van der Waals surface area contributed by atoms with Crippen LogP contribution in [-0.4, -0.2) is 29.5 Å². The molecule has 17 heavy (non-hydrogen) atoms. The third kappa shape index (κ3) is 3.88. The minimum Gasteiger partial charge on any atom is -0.368 e. The lowest BCUT2D eigenvalue weighted by Crippen LogP contribution is -2.59. The Morgan fingerprint density at radius 2 is 2.18 bits per heavy atom. The molecule has 3 N–H and O–H groups in total. The molecule has 1 amide bonds. The van der Waals surface area contributed by atoms with Crippen molar-refractivity contribution in [2.75, 3.05) is 18.1 Å². The molecule has 2 unspecified atom stereocenters. The second kappa shape index (κ2) is 6.64. The van der Waals surface area contributed by atoms with Crippen LogP contribution >= 0.6 is 11.8 Å². The molecular weight excluding hydrogens is 232 g/mol. The zero-order chi connectivity index (χ0) is 12.9. The van der Waals surface area contributed by atoms with Crippen LogP contribution in [0.25, 0.3) is 0 Å². The van der Waals surface area contributed by atoms with Crippen molar-refractivity contribution in [3.63, 3.8) is 0 Å². The summed E-state index contributed by atoms with van der Waals surface area (Å²) in [7, 11) is 0. The molecular formula is C13H26N2OS. The molecule has 0 aromatic rings. The van der Waals surface area contributed by atoms with Gasteiger partial charge in [-0.25, -0.2) is 0 Å². The molecule has 1 aliphatic rings. The van der Waals surface area contributed by atoms with Gasteiger partial charge in [0.05, 0.1) is 0 Å². The molecule has 0 aromatic carbocycles. The maximum absolute atomic E-state index is 11.8. The Bertz CT molecular complexity index is 256. The number of thioether (sulfide) groups is 1. The molecule has 4 heteroatoms. The number of nitrogens with two attached hydrogens (primary N) is 1. The maximum Gasteiger partial charge on any atom is 0.238 e.